The van der Waals surface area contributed by atoms with Crippen molar-refractivity contribution in [2.45, 2.75) is 39.0 Å². The SMILES string of the molecule is CCCCCCC=Nc1ccccc1C=O. The van der Waals surface area contributed by atoms with Gasteiger partial charge in [-0.25, -0.2) is 0 Å². The number of carbonyl (C=O) groups is 1. The summed E-state index contributed by atoms with van der Waals surface area (Å²) in [5.41, 5.74) is 1.43. The largest absolute Gasteiger partial charge is 0.298 e. The van der Waals surface area contributed by atoms with Crippen LogP contribution in [0.3, 0.4) is 0 Å². The lowest BCUT2D eigenvalue weighted by Gasteiger charge is -1.97. The average molecular weight is 217 g/mol. The first kappa shape index (κ1) is 12.6. The molecule has 0 saturated heterocycles. The number of carbonyl (C=O) groups excluding carboxylic acids is 1. The van der Waals surface area contributed by atoms with Gasteiger partial charge < -0.3 is 0 Å². The van der Waals surface area contributed by atoms with Gasteiger partial charge in [0.05, 0.1) is 5.69 Å². The average Bonchev–Trinajstić information content (AvgIpc) is 2.34. The fourth-order valence-electron chi connectivity index (χ4n) is 1.53. The molecule has 0 spiro atoms. The van der Waals surface area contributed by atoms with E-state index >= 15 is 0 Å². The molecule has 0 unspecified atom stereocenters. The highest BCUT2D eigenvalue weighted by Gasteiger charge is 1.95. The second-order valence-electron chi connectivity index (χ2n) is 3.84. The molecular weight excluding hydrogens is 198 g/mol. The summed E-state index contributed by atoms with van der Waals surface area (Å²) in [6.45, 7) is 2.20. The number of aldehydes is 1. The molecule has 0 aliphatic carbocycles. The van der Waals surface area contributed by atoms with Gasteiger partial charge in [-0.15, -0.1) is 0 Å². The maximum absolute atomic E-state index is 10.7. The Morgan fingerprint density at radius 1 is 1.19 bits per heavy atom. The van der Waals surface area contributed by atoms with Crippen LogP contribution in [-0.4, -0.2) is 12.5 Å². The zero-order valence-corrected chi connectivity index (χ0v) is 9.86. The van der Waals surface area contributed by atoms with Gasteiger partial charge >= 0.3 is 0 Å². The first-order chi connectivity index (χ1) is 7.88. The Balaban J connectivity index is 2.40. The molecule has 0 N–H and O–H groups in total. The first-order valence-electron chi connectivity index (χ1n) is 5.95. The maximum Gasteiger partial charge on any atom is 0.152 e. The minimum atomic E-state index is 0.660. The van der Waals surface area contributed by atoms with E-state index in [2.05, 4.69) is 11.9 Å². The lowest BCUT2D eigenvalue weighted by atomic mass is 10.1. The van der Waals surface area contributed by atoms with Gasteiger partial charge in [0.1, 0.15) is 0 Å². The molecule has 2 nitrogen and oxygen atoms in total. The highest BCUT2D eigenvalue weighted by molar-refractivity contribution is 5.84. The zero-order chi connectivity index (χ0) is 11.6. The molecule has 0 aliphatic heterocycles. The van der Waals surface area contributed by atoms with Crippen LogP contribution in [0.25, 0.3) is 0 Å². The van der Waals surface area contributed by atoms with Gasteiger partial charge in [-0.05, 0) is 25.0 Å². The predicted molar refractivity (Wildman–Crippen MR) is 68.7 cm³/mol. The number of hydrogen-bond acceptors (Lipinski definition) is 2. The molecule has 0 amide bonds. The van der Waals surface area contributed by atoms with Gasteiger partial charge in [0.2, 0.25) is 0 Å². The topological polar surface area (TPSA) is 29.4 Å². The van der Waals surface area contributed by atoms with E-state index in [1.54, 1.807) is 6.07 Å². The number of nitrogens with zero attached hydrogens (tertiary/aromatic N) is 1. The van der Waals surface area contributed by atoms with Crippen LogP contribution in [0.15, 0.2) is 29.3 Å². The maximum atomic E-state index is 10.7. The molecule has 0 fully saturated rings. The molecule has 0 bridgehead atoms. The predicted octanol–water partition coefficient (Wildman–Crippen LogP) is 4.17. The van der Waals surface area contributed by atoms with Crippen molar-refractivity contribution in [3.8, 4) is 0 Å². The number of unbranched alkanes of at least 4 members (excludes halogenated alkanes) is 4. The van der Waals surface area contributed by atoms with E-state index in [9.17, 15) is 4.79 Å². The summed E-state index contributed by atoms with van der Waals surface area (Å²) in [5, 5.41) is 0. The van der Waals surface area contributed by atoms with Crippen LogP contribution < -0.4 is 0 Å². The molecule has 0 heterocycles. The lowest BCUT2D eigenvalue weighted by Crippen LogP contribution is -1.82. The third-order valence-corrected chi connectivity index (χ3v) is 2.48. The van der Waals surface area contributed by atoms with Crippen molar-refractivity contribution in [2.75, 3.05) is 0 Å². The van der Waals surface area contributed by atoms with Crippen molar-refractivity contribution in [3.63, 3.8) is 0 Å². The van der Waals surface area contributed by atoms with E-state index in [1.165, 1.54) is 25.7 Å². The Hall–Kier alpha value is -1.44. The summed E-state index contributed by atoms with van der Waals surface area (Å²) >= 11 is 0. The quantitative estimate of drug-likeness (QED) is 0.383. The number of hydrogen-bond donors (Lipinski definition) is 0. The molecule has 0 radical (unpaired) electrons. The van der Waals surface area contributed by atoms with Crippen LogP contribution in [0, 0.1) is 0 Å². The van der Waals surface area contributed by atoms with Crippen molar-refractivity contribution in [3.05, 3.63) is 29.8 Å². The lowest BCUT2D eigenvalue weighted by molar-refractivity contribution is 0.112. The van der Waals surface area contributed by atoms with Gasteiger partial charge in [-0.2, -0.15) is 0 Å². The standard InChI is InChI=1S/C14H19NO/c1-2-3-4-5-8-11-15-14-10-7-6-9-13(14)12-16/h6-7,9-12H,2-5,8H2,1H3. The van der Waals surface area contributed by atoms with E-state index in [0.29, 0.717) is 5.56 Å². The molecule has 1 aromatic rings. The minimum absolute atomic E-state index is 0.660. The normalized spacial score (nSPS) is 10.8. The Morgan fingerprint density at radius 2 is 2.00 bits per heavy atom. The summed E-state index contributed by atoms with van der Waals surface area (Å²) in [6, 6.07) is 7.41. The van der Waals surface area contributed by atoms with Crippen molar-refractivity contribution < 1.29 is 4.79 Å². The van der Waals surface area contributed by atoms with Crippen molar-refractivity contribution >= 4 is 18.2 Å². The fourth-order valence-corrected chi connectivity index (χ4v) is 1.53. The first-order valence-corrected chi connectivity index (χ1v) is 5.95. The Bertz CT molecular complexity index is 344. The Kier molecular flexibility index (Phi) is 6.16. The molecule has 1 aromatic carbocycles. The van der Waals surface area contributed by atoms with Gasteiger partial charge in [-0.1, -0.05) is 38.3 Å². The van der Waals surface area contributed by atoms with Crippen molar-refractivity contribution in [1.82, 2.24) is 0 Å². The van der Waals surface area contributed by atoms with Gasteiger partial charge in [0, 0.05) is 11.8 Å². The fraction of sp³-hybridized carbons (Fsp3) is 0.429. The van der Waals surface area contributed by atoms with E-state index in [0.717, 1.165) is 18.4 Å². The Morgan fingerprint density at radius 3 is 2.75 bits per heavy atom. The van der Waals surface area contributed by atoms with E-state index in [-0.39, 0.29) is 0 Å². The molecule has 16 heavy (non-hydrogen) atoms. The Labute approximate surface area is 97.4 Å². The molecule has 0 aromatic heterocycles. The summed E-state index contributed by atoms with van der Waals surface area (Å²) < 4.78 is 0. The molecule has 0 saturated carbocycles. The van der Waals surface area contributed by atoms with Crippen LogP contribution >= 0.6 is 0 Å². The zero-order valence-electron chi connectivity index (χ0n) is 9.86. The smallest absolute Gasteiger partial charge is 0.152 e. The molecule has 2 heteroatoms. The molecule has 86 valence electrons. The summed E-state index contributed by atoms with van der Waals surface area (Å²) in [4.78, 5) is 15.0. The molecule has 1 rings (SSSR count). The van der Waals surface area contributed by atoms with Gasteiger partial charge in [-0.3, -0.25) is 9.79 Å². The van der Waals surface area contributed by atoms with Crippen LogP contribution in [0.5, 0.6) is 0 Å². The number of para-hydroxylation sites is 1. The highest BCUT2D eigenvalue weighted by atomic mass is 16.1. The second kappa shape index (κ2) is 7.80. The van der Waals surface area contributed by atoms with Crippen LogP contribution in [0.4, 0.5) is 5.69 Å². The monoisotopic (exact) mass is 217 g/mol. The third-order valence-electron chi connectivity index (χ3n) is 2.48. The van der Waals surface area contributed by atoms with Gasteiger partial charge in [0.25, 0.3) is 0 Å². The summed E-state index contributed by atoms with van der Waals surface area (Å²) in [6.07, 6.45) is 8.75. The molecule has 0 aliphatic rings. The van der Waals surface area contributed by atoms with Crippen LogP contribution in [0.1, 0.15) is 49.4 Å². The number of aliphatic imine (C=N–C) groups is 1. The van der Waals surface area contributed by atoms with Crippen molar-refractivity contribution in [2.24, 2.45) is 4.99 Å². The van der Waals surface area contributed by atoms with E-state index in [4.69, 9.17) is 0 Å². The molecular formula is C14H19NO. The van der Waals surface area contributed by atoms with Crippen LogP contribution in [0.2, 0.25) is 0 Å². The summed E-state index contributed by atoms with van der Waals surface area (Å²) in [5.74, 6) is 0. The minimum Gasteiger partial charge on any atom is -0.298 e. The van der Waals surface area contributed by atoms with E-state index in [1.807, 2.05) is 24.4 Å². The van der Waals surface area contributed by atoms with Crippen LogP contribution in [-0.2, 0) is 0 Å². The van der Waals surface area contributed by atoms with Gasteiger partial charge in [0.15, 0.2) is 6.29 Å². The highest BCUT2D eigenvalue weighted by Crippen LogP contribution is 2.16. The molecule has 0 atom stereocenters. The van der Waals surface area contributed by atoms with Crippen molar-refractivity contribution in [1.29, 1.82) is 0 Å². The number of rotatable bonds is 7. The number of benzene rings is 1. The third kappa shape index (κ3) is 4.39. The second-order valence-corrected chi connectivity index (χ2v) is 3.84. The summed E-state index contributed by atoms with van der Waals surface area (Å²) in [7, 11) is 0. The van der Waals surface area contributed by atoms with E-state index < -0.39 is 0 Å².